The van der Waals surface area contributed by atoms with Gasteiger partial charge in [-0.1, -0.05) is 349 Å². The Labute approximate surface area is 618 Å². The van der Waals surface area contributed by atoms with Crippen LogP contribution in [0, 0.1) is 17.8 Å². The standard InChI is InChI=1S/C82H156O17P2/c1-8-10-11-12-13-14-15-16-21-25-31-36-41-49-56-63-79(84)92-69-77(98-81(86)65-58-51-42-37-32-26-23-20-18-17-19-22-24-29-34-39-46-53-60-73(3)4)71-96-100(88,89)94-67-76(83)68-95-101(90,91)97-72-78(70-93-80(85)64-57-50-45-44-48-55-62-75(7)9-2)99-82(87)66-59-52-43-38-33-28-27-30-35-40-47-54-61-74(5)6/h14-16,21,73-78,83H,8-13,17-20,22-72H2,1-7H3,(H,88,89)(H,90,91)/b15-14-,21-16-/t75?,76-,77-,78-/m1/s1. The summed E-state index contributed by atoms with van der Waals surface area (Å²) in [5.41, 5.74) is 0. The van der Waals surface area contributed by atoms with Crippen molar-refractivity contribution in [2.45, 2.75) is 420 Å². The van der Waals surface area contributed by atoms with Crippen molar-refractivity contribution in [2.24, 2.45) is 17.8 Å². The predicted octanol–water partition coefficient (Wildman–Crippen LogP) is 24.1. The van der Waals surface area contributed by atoms with Crippen LogP contribution < -0.4 is 0 Å². The number of unbranched alkanes of at least 4 members (excludes halogenated alkanes) is 42. The zero-order chi connectivity index (χ0) is 74.4. The molecule has 0 amide bonds. The van der Waals surface area contributed by atoms with E-state index in [0.717, 1.165) is 133 Å². The smallest absolute Gasteiger partial charge is 0.462 e. The molecule has 0 aliphatic rings. The number of ether oxygens (including phenoxy) is 4. The van der Waals surface area contributed by atoms with Crippen molar-refractivity contribution in [3.8, 4) is 0 Å². The number of rotatable bonds is 78. The average Bonchev–Trinajstić information content (AvgIpc) is 0.919. The number of carbonyl (C=O) groups excluding carboxylic acids is 4. The molecule has 0 saturated heterocycles. The summed E-state index contributed by atoms with van der Waals surface area (Å²) in [6.07, 6.45) is 63.3. The molecule has 101 heavy (non-hydrogen) atoms. The Balaban J connectivity index is 5.26. The van der Waals surface area contributed by atoms with E-state index in [1.165, 1.54) is 186 Å². The summed E-state index contributed by atoms with van der Waals surface area (Å²) < 4.78 is 68.7. The van der Waals surface area contributed by atoms with E-state index in [9.17, 15) is 43.2 Å². The number of phosphoric ester groups is 2. The molecule has 0 heterocycles. The van der Waals surface area contributed by atoms with Gasteiger partial charge in [0.1, 0.15) is 19.3 Å². The number of phosphoric acid groups is 2. The second kappa shape index (κ2) is 71.8. The molecule has 0 aromatic rings. The van der Waals surface area contributed by atoms with Gasteiger partial charge in [-0.25, -0.2) is 9.13 Å². The van der Waals surface area contributed by atoms with Crippen molar-refractivity contribution in [3.63, 3.8) is 0 Å². The number of allylic oxidation sites excluding steroid dienone is 4. The maximum Gasteiger partial charge on any atom is 0.472 e. The Morgan fingerprint density at radius 1 is 0.327 bits per heavy atom. The quantitative estimate of drug-likeness (QED) is 0.0169. The Hall–Kier alpha value is -2.46. The number of aliphatic hydroxyl groups excluding tert-OH is 1. The molecule has 0 aliphatic heterocycles. The molecule has 6 atom stereocenters. The van der Waals surface area contributed by atoms with E-state index in [-0.39, 0.29) is 25.7 Å². The second-order valence-electron chi connectivity index (χ2n) is 30.0. The molecule has 596 valence electrons. The molecule has 0 aliphatic carbocycles. The van der Waals surface area contributed by atoms with E-state index in [1.54, 1.807) is 0 Å². The van der Waals surface area contributed by atoms with E-state index in [0.29, 0.717) is 25.7 Å². The largest absolute Gasteiger partial charge is 0.472 e. The molecule has 3 N–H and O–H groups in total. The van der Waals surface area contributed by atoms with Crippen LogP contribution in [0.2, 0.25) is 0 Å². The van der Waals surface area contributed by atoms with E-state index in [4.69, 9.17) is 37.0 Å². The van der Waals surface area contributed by atoms with Crippen molar-refractivity contribution in [1.29, 1.82) is 0 Å². The maximum atomic E-state index is 13.1. The Bertz CT molecular complexity index is 2050. The molecule has 0 bridgehead atoms. The Morgan fingerprint density at radius 2 is 0.584 bits per heavy atom. The lowest BCUT2D eigenvalue weighted by Crippen LogP contribution is -2.30. The van der Waals surface area contributed by atoms with Crippen molar-refractivity contribution in [3.05, 3.63) is 24.3 Å². The summed E-state index contributed by atoms with van der Waals surface area (Å²) in [5, 5.41) is 10.6. The van der Waals surface area contributed by atoms with Crippen molar-refractivity contribution in [2.75, 3.05) is 39.6 Å². The minimum atomic E-state index is -4.97. The fourth-order valence-electron chi connectivity index (χ4n) is 12.1. The van der Waals surface area contributed by atoms with Crippen LogP contribution in [0.4, 0.5) is 0 Å². The minimum absolute atomic E-state index is 0.101. The van der Waals surface area contributed by atoms with Crippen molar-refractivity contribution in [1.82, 2.24) is 0 Å². The van der Waals surface area contributed by atoms with Crippen LogP contribution in [0.25, 0.3) is 0 Å². The average molecular weight is 1480 g/mol. The molecule has 0 aromatic carbocycles. The van der Waals surface area contributed by atoms with Crippen LogP contribution in [0.15, 0.2) is 24.3 Å². The fourth-order valence-corrected chi connectivity index (χ4v) is 13.7. The molecule has 0 aromatic heterocycles. The van der Waals surface area contributed by atoms with Gasteiger partial charge in [-0.05, 0) is 69.1 Å². The molecule has 0 fully saturated rings. The summed E-state index contributed by atoms with van der Waals surface area (Å²) in [4.78, 5) is 73.0. The molecule has 0 saturated carbocycles. The normalized spacial score (nSPS) is 14.4. The third-order valence-electron chi connectivity index (χ3n) is 18.9. The second-order valence-corrected chi connectivity index (χ2v) is 32.9. The van der Waals surface area contributed by atoms with Crippen LogP contribution in [-0.2, 0) is 65.4 Å². The van der Waals surface area contributed by atoms with Crippen LogP contribution in [0.1, 0.15) is 402 Å². The number of esters is 4. The lowest BCUT2D eigenvalue weighted by molar-refractivity contribution is -0.161. The Morgan fingerprint density at radius 3 is 0.881 bits per heavy atom. The molecular weight excluding hydrogens is 1320 g/mol. The SMILES string of the molecule is CCCCCC/C=C\C=C/CCCCCCCC(=O)OC[C@H](COP(=O)(O)OC[C@@H](O)COP(=O)(O)OC[C@@H](COC(=O)CCCCCCCCC(C)CC)OC(=O)CCCCCCCCCCCCCCC(C)C)OC(=O)CCCCCCCCCCCCCCCCCCCCC(C)C. The van der Waals surface area contributed by atoms with Gasteiger partial charge in [-0.3, -0.25) is 37.3 Å². The lowest BCUT2D eigenvalue weighted by Gasteiger charge is -2.21. The zero-order valence-corrected chi connectivity index (χ0v) is 67.6. The van der Waals surface area contributed by atoms with Crippen LogP contribution in [-0.4, -0.2) is 96.7 Å². The number of hydrogen-bond donors (Lipinski definition) is 3. The van der Waals surface area contributed by atoms with Gasteiger partial charge in [0.25, 0.3) is 0 Å². The molecule has 19 heteroatoms. The molecule has 0 rings (SSSR count). The van der Waals surface area contributed by atoms with Gasteiger partial charge in [-0.15, -0.1) is 0 Å². The lowest BCUT2D eigenvalue weighted by atomic mass is 10.00. The molecule has 0 radical (unpaired) electrons. The monoisotopic (exact) mass is 1480 g/mol. The summed E-state index contributed by atoms with van der Waals surface area (Å²) in [6, 6.07) is 0. The van der Waals surface area contributed by atoms with Gasteiger partial charge >= 0.3 is 39.5 Å². The molecule has 0 spiro atoms. The summed E-state index contributed by atoms with van der Waals surface area (Å²) in [5.74, 6) is 0.181. The van der Waals surface area contributed by atoms with Gasteiger partial charge in [0.15, 0.2) is 12.2 Å². The third kappa shape index (κ3) is 74.2. The number of aliphatic hydroxyl groups is 1. The number of carbonyl (C=O) groups is 4. The van der Waals surface area contributed by atoms with Gasteiger partial charge in [-0.2, -0.15) is 0 Å². The summed E-state index contributed by atoms with van der Waals surface area (Å²) in [7, 11) is -9.93. The van der Waals surface area contributed by atoms with Gasteiger partial charge < -0.3 is 33.8 Å². The molecule has 17 nitrogen and oxygen atoms in total. The van der Waals surface area contributed by atoms with Crippen molar-refractivity contribution >= 4 is 39.5 Å². The Kier molecular flexibility index (Phi) is 70.0. The van der Waals surface area contributed by atoms with E-state index in [1.807, 2.05) is 0 Å². The van der Waals surface area contributed by atoms with Gasteiger partial charge in [0.05, 0.1) is 26.4 Å². The predicted molar refractivity (Wildman–Crippen MR) is 414 cm³/mol. The summed E-state index contributed by atoms with van der Waals surface area (Å²) >= 11 is 0. The highest BCUT2D eigenvalue weighted by Crippen LogP contribution is 2.45. The van der Waals surface area contributed by atoms with E-state index in [2.05, 4.69) is 72.8 Å². The minimum Gasteiger partial charge on any atom is -0.462 e. The van der Waals surface area contributed by atoms with Crippen LogP contribution in [0.5, 0.6) is 0 Å². The highest BCUT2D eigenvalue weighted by Gasteiger charge is 2.30. The molecule has 3 unspecified atom stereocenters. The third-order valence-corrected chi connectivity index (χ3v) is 20.8. The van der Waals surface area contributed by atoms with E-state index >= 15 is 0 Å². The maximum absolute atomic E-state index is 13.1. The van der Waals surface area contributed by atoms with Crippen LogP contribution >= 0.6 is 15.6 Å². The van der Waals surface area contributed by atoms with E-state index < -0.39 is 97.5 Å². The highest BCUT2D eigenvalue weighted by atomic mass is 31.2. The number of hydrogen-bond acceptors (Lipinski definition) is 15. The first-order valence-electron chi connectivity index (χ1n) is 41.7. The van der Waals surface area contributed by atoms with Gasteiger partial charge in [0, 0.05) is 25.7 Å². The summed E-state index contributed by atoms with van der Waals surface area (Å²) in [6.45, 7) is 11.9. The van der Waals surface area contributed by atoms with Crippen LogP contribution in [0.3, 0.4) is 0 Å². The van der Waals surface area contributed by atoms with Gasteiger partial charge in [0.2, 0.25) is 0 Å². The first-order valence-corrected chi connectivity index (χ1v) is 44.7. The highest BCUT2D eigenvalue weighted by molar-refractivity contribution is 7.47. The topological polar surface area (TPSA) is 237 Å². The zero-order valence-electron chi connectivity index (χ0n) is 65.9. The molecular formula is C82H156O17P2. The first-order chi connectivity index (χ1) is 48.8. The fraction of sp³-hybridized carbons (Fsp3) is 0.902. The first kappa shape index (κ1) is 98.5. The van der Waals surface area contributed by atoms with Crippen molar-refractivity contribution < 1.29 is 80.2 Å².